The molecule has 0 aliphatic heterocycles. The van der Waals surface area contributed by atoms with E-state index in [9.17, 15) is 13.2 Å². The van der Waals surface area contributed by atoms with Crippen LogP contribution in [0.1, 0.15) is 5.69 Å². The maximum Gasteiger partial charge on any atom is 0.435 e. The minimum absolute atomic E-state index is 0.267. The third kappa shape index (κ3) is 1.62. The minimum atomic E-state index is -4.43. The van der Waals surface area contributed by atoms with Crippen molar-refractivity contribution in [2.24, 2.45) is 0 Å². The van der Waals surface area contributed by atoms with Gasteiger partial charge in [-0.2, -0.15) is 18.3 Å². The molecule has 0 aliphatic carbocycles. The first kappa shape index (κ1) is 9.82. The van der Waals surface area contributed by atoms with E-state index in [0.717, 1.165) is 10.6 Å². The molecule has 80 valence electrons. The lowest BCUT2D eigenvalue weighted by Crippen LogP contribution is -2.06. The van der Waals surface area contributed by atoms with Crippen molar-refractivity contribution in [3.63, 3.8) is 0 Å². The van der Waals surface area contributed by atoms with Gasteiger partial charge in [-0.1, -0.05) is 6.07 Å². The second-order valence-corrected chi connectivity index (χ2v) is 2.93. The van der Waals surface area contributed by atoms with Crippen LogP contribution in [0.5, 0.6) is 5.88 Å². The summed E-state index contributed by atoms with van der Waals surface area (Å²) in [5.41, 5.74) is -0.575. The van der Waals surface area contributed by atoms with Crippen LogP contribution < -0.4 is 4.74 Å². The summed E-state index contributed by atoms with van der Waals surface area (Å²) in [7, 11) is 1.38. The molecular formula is C9H7F3N2O. The fourth-order valence-electron chi connectivity index (χ4n) is 1.28. The van der Waals surface area contributed by atoms with Gasteiger partial charge in [-0.3, -0.25) is 0 Å². The molecule has 2 rings (SSSR count). The van der Waals surface area contributed by atoms with E-state index in [1.165, 1.54) is 13.2 Å². The Morgan fingerprint density at radius 3 is 2.67 bits per heavy atom. The Morgan fingerprint density at radius 2 is 2.07 bits per heavy atom. The van der Waals surface area contributed by atoms with Gasteiger partial charge >= 0.3 is 6.18 Å². The van der Waals surface area contributed by atoms with Gasteiger partial charge in [-0.15, -0.1) is 0 Å². The lowest BCUT2D eigenvalue weighted by molar-refractivity contribution is -0.141. The molecule has 0 atom stereocenters. The zero-order chi connectivity index (χ0) is 11.1. The van der Waals surface area contributed by atoms with Gasteiger partial charge in [0.05, 0.1) is 12.6 Å². The summed E-state index contributed by atoms with van der Waals surface area (Å²) >= 11 is 0. The number of pyridine rings is 1. The van der Waals surface area contributed by atoms with Crippen LogP contribution in [0, 0.1) is 0 Å². The predicted molar refractivity (Wildman–Crippen MR) is 46.7 cm³/mol. The average molecular weight is 216 g/mol. The van der Waals surface area contributed by atoms with Crippen LogP contribution in [-0.2, 0) is 6.18 Å². The number of nitrogens with zero attached hydrogens (tertiary/aromatic N) is 2. The van der Waals surface area contributed by atoms with Crippen LogP contribution in [0.15, 0.2) is 24.3 Å². The van der Waals surface area contributed by atoms with Crippen molar-refractivity contribution in [3.8, 4) is 5.88 Å². The summed E-state index contributed by atoms with van der Waals surface area (Å²) in [6.45, 7) is 0. The number of hydrogen-bond acceptors (Lipinski definition) is 2. The molecule has 0 saturated heterocycles. The summed E-state index contributed by atoms with van der Waals surface area (Å²) in [5.74, 6) is 0.267. The molecule has 0 saturated carbocycles. The molecule has 0 radical (unpaired) electrons. The summed E-state index contributed by atoms with van der Waals surface area (Å²) in [5, 5.41) is 3.42. The number of aromatic nitrogens is 2. The van der Waals surface area contributed by atoms with Gasteiger partial charge in [0.25, 0.3) is 0 Å². The predicted octanol–water partition coefficient (Wildman–Crippen LogP) is 2.36. The van der Waals surface area contributed by atoms with Gasteiger partial charge < -0.3 is 4.74 Å². The van der Waals surface area contributed by atoms with Crippen molar-refractivity contribution in [1.82, 2.24) is 9.61 Å². The van der Waals surface area contributed by atoms with E-state index in [1.807, 2.05) is 0 Å². The van der Waals surface area contributed by atoms with Crippen LogP contribution in [0.3, 0.4) is 0 Å². The van der Waals surface area contributed by atoms with Crippen LogP contribution in [0.2, 0.25) is 0 Å². The van der Waals surface area contributed by atoms with E-state index in [1.54, 1.807) is 12.1 Å². The number of ether oxygens (including phenoxy) is 1. The number of methoxy groups -OCH3 is 1. The molecular weight excluding hydrogens is 209 g/mol. The zero-order valence-electron chi connectivity index (χ0n) is 7.75. The molecule has 2 heterocycles. The number of alkyl halides is 3. The van der Waals surface area contributed by atoms with Crippen molar-refractivity contribution < 1.29 is 17.9 Å². The molecule has 6 heteroatoms. The van der Waals surface area contributed by atoms with E-state index < -0.39 is 11.9 Å². The second-order valence-electron chi connectivity index (χ2n) is 2.93. The smallest absolute Gasteiger partial charge is 0.435 e. The fourth-order valence-corrected chi connectivity index (χ4v) is 1.28. The summed E-state index contributed by atoms with van der Waals surface area (Å²) < 4.78 is 43.0. The van der Waals surface area contributed by atoms with E-state index in [-0.39, 0.29) is 5.88 Å². The molecule has 2 aromatic heterocycles. The second kappa shape index (κ2) is 3.15. The van der Waals surface area contributed by atoms with E-state index in [0.29, 0.717) is 5.52 Å². The van der Waals surface area contributed by atoms with Crippen molar-refractivity contribution in [2.45, 2.75) is 6.18 Å². The Balaban J connectivity index is 2.65. The summed E-state index contributed by atoms with van der Waals surface area (Å²) in [4.78, 5) is 0. The summed E-state index contributed by atoms with van der Waals surface area (Å²) in [6, 6.07) is 5.66. The molecule has 15 heavy (non-hydrogen) atoms. The first-order valence-corrected chi connectivity index (χ1v) is 4.12. The highest BCUT2D eigenvalue weighted by Gasteiger charge is 2.34. The van der Waals surface area contributed by atoms with E-state index >= 15 is 0 Å². The fraction of sp³-hybridized carbons (Fsp3) is 0.222. The average Bonchev–Trinajstić information content (AvgIpc) is 2.59. The van der Waals surface area contributed by atoms with Crippen molar-refractivity contribution >= 4 is 5.52 Å². The first-order valence-electron chi connectivity index (χ1n) is 4.12. The number of fused-ring (bicyclic) bond motifs is 1. The Morgan fingerprint density at radius 1 is 1.33 bits per heavy atom. The molecule has 0 aliphatic rings. The number of hydrogen-bond donors (Lipinski definition) is 0. The van der Waals surface area contributed by atoms with Crippen LogP contribution in [0.25, 0.3) is 5.52 Å². The molecule has 0 unspecified atom stereocenters. The highest BCUT2D eigenvalue weighted by Crippen LogP contribution is 2.29. The SMILES string of the molecule is COc1cccc2cc(C(F)(F)F)nn12. The Bertz CT molecular complexity index is 490. The first-order chi connectivity index (χ1) is 7.02. The van der Waals surface area contributed by atoms with E-state index in [4.69, 9.17) is 4.74 Å². The quantitative estimate of drug-likeness (QED) is 0.731. The third-order valence-corrected chi connectivity index (χ3v) is 1.95. The van der Waals surface area contributed by atoms with Crippen LogP contribution in [0.4, 0.5) is 13.2 Å². The third-order valence-electron chi connectivity index (χ3n) is 1.95. The zero-order valence-corrected chi connectivity index (χ0v) is 7.75. The molecule has 0 bridgehead atoms. The van der Waals surface area contributed by atoms with Crippen molar-refractivity contribution in [2.75, 3.05) is 7.11 Å². The highest BCUT2D eigenvalue weighted by atomic mass is 19.4. The van der Waals surface area contributed by atoms with Gasteiger partial charge in [-0.05, 0) is 12.1 Å². The lowest BCUT2D eigenvalue weighted by atomic mass is 10.3. The normalized spacial score (nSPS) is 12.0. The minimum Gasteiger partial charge on any atom is -0.481 e. The van der Waals surface area contributed by atoms with Crippen LogP contribution in [-0.4, -0.2) is 16.7 Å². The molecule has 0 aromatic carbocycles. The maximum absolute atomic E-state index is 12.3. The van der Waals surface area contributed by atoms with Crippen LogP contribution >= 0.6 is 0 Å². The van der Waals surface area contributed by atoms with Gasteiger partial charge in [-0.25, -0.2) is 4.52 Å². The Kier molecular flexibility index (Phi) is 2.06. The standard InChI is InChI=1S/C9H7F3N2O/c1-15-8-4-2-3-6-5-7(9(10,11)12)13-14(6)8/h2-5H,1H3. The summed E-state index contributed by atoms with van der Waals surface area (Å²) in [6.07, 6.45) is -4.43. The van der Waals surface area contributed by atoms with Gasteiger partial charge in [0.1, 0.15) is 0 Å². The monoisotopic (exact) mass is 216 g/mol. The number of halogens is 3. The molecule has 0 N–H and O–H groups in total. The molecule has 2 aromatic rings. The largest absolute Gasteiger partial charge is 0.481 e. The lowest BCUT2D eigenvalue weighted by Gasteiger charge is -2.02. The van der Waals surface area contributed by atoms with Gasteiger partial charge in [0.15, 0.2) is 5.69 Å². The number of rotatable bonds is 1. The Hall–Kier alpha value is -1.72. The van der Waals surface area contributed by atoms with Crippen molar-refractivity contribution in [3.05, 3.63) is 30.0 Å². The Labute approximate surface area is 83.1 Å². The van der Waals surface area contributed by atoms with Gasteiger partial charge in [0.2, 0.25) is 5.88 Å². The maximum atomic E-state index is 12.3. The van der Waals surface area contributed by atoms with Gasteiger partial charge in [0, 0.05) is 6.07 Å². The molecule has 0 spiro atoms. The molecule has 3 nitrogen and oxygen atoms in total. The highest BCUT2D eigenvalue weighted by molar-refractivity contribution is 5.50. The topological polar surface area (TPSA) is 26.5 Å². The van der Waals surface area contributed by atoms with E-state index in [2.05, 4.69) is 5.10 Å². The molecule has 0 fully saturated rings. The van der Waals surface area contributed by atoms with Crippen molar-refractivity contribution in [1.29, 1.82) is 0 Å². The molecule has 0 amide bonds.